The van der Waals surface area contributed by atoms with Crippen LogP contribution in [0.2, 0.25) is 0 Å². The van der Waals surface area contributed by atoms with Crippen molar-refractivity contribution in [2.75, 3.05) is 26.7 Å². The molecule has 142 valence electrons. The Bertz CT molecular complexity index is 696. The number of likely N-dealkylation sites (N-methyl/N-ethyl adjacent to an activating group) is 1. The molecule has 1 aliphatic heterocycles. The minimum absolute atomic E-state index is 0.0335. The van der Waals surface area contributed by atoms with Gasteiger partial charge in [-0.15, -0.1) is 0 Å². The first kappa shape index (κ1) is 19.8. The number of nitrogens with zero attached hydrogens (tertiary/aromatic N) is 2. The Balaban J connectivity index is 1.85. The first-order valence-corrected chi connectivity index (χ1v) is 8.47. The van der Waals surface area contributed by atoms with Crippen molar-refractivity contribution >= 4 is 17.8 Å². The van der Waals surface area contributed by atoms with Crippen molar-refractivity contribution in [2.45, 2.75) is 25.7 Å². The van der Waals surface area contributed by atoms with Gasteiger partial charge >= 0.3 is 5.97 Å². The fraction of sp³-hybridized carbons (Fsp3) is 0.500. The standard InChI is InChI=1S/C18H22F2N2O4/c1-21(11-16(24)22-9-3-5-13(10-22)18(25)26)15(23)8-7-12-4-2-6-14(19)17(12)20/h2,4,6,13H,3,5,7-11H2,1H3,(H,25,26). The summed E-state index contributed by atoms with van der Waals surface area (Å²) in [7, 11) is 1.46. The molecule has 1 N–H and O–H groups in total. The van der Waals surface area contributed by atoms with Gasteiger partial charge in [-0.1, -0.05) is 12.1 Å². The highest BCUT2D eigenvalue weighted by atomic mass is 19.2. The molecule has 1 atom stereocenters. The molecule has 2 amide bonds. The van der Waals surface area contributed by atoms with Crippen molar-refractivity contribution in [1.29, 1.82) is 0 Å². The lowest BCUT2D eigenvalue weighted by Crippen LogP contribution is -2.46. The summed E-state index contributed by atoms with van der Waals surface area (Å²) < 4.78 is 26.8. The lowest BCUT2D eigenvalue weighted by Gasteiger charge is -2.32. The van der Waals surface area contributed by atoms with E-state index in [9.17, 15) is 23.2 Å². The molecule has 26 heavy (non-hydrogen) atoms. The van der Waals surface area contributed by atoms with Crippen LogP contribution in [0.1, 0.15) is 24.8 Å². The van der Waals surface area contributed by atoms with Gasteiger partial charge in [0.05, 0.1) is 12.5 Å². The maximum atomic E-state index is 13.6. The maximum absolute atomic E-state index is 13.6. The second kappa shape index (κ2) is 8.73. The predicted molar refractivity (Wildman–Crippen MR) is 89.3 cm³/mol. The number of benzene rings is 1. The summed E-state index contributed by atoms with van der Waals surface area (Å²) in [5.74, 6) is -4.12. The number of aryl methyl sites for hydroxylation is 1. The molecular weight excluding hydrogens is 346 g/mol. The van der Waals surface area contributed by atoms with Crippen LogP contribution >= 0.6 is 0 Å². The van der Waals surface area contributed by atoms with Gasteiger partial charge in [0.15, 0.2) is 11.6 Å². The van der Waals surface area contributed by atoms with Crippen LogP contribution in [0.5, 0.6) is 0 Å². The summed E-state index contributed by atoms with van der Waals surface area (Å²) in [5, 5.41) is 9.07. The maximum Gasteiger partial charge on any atom is 0.308 e. The number of hydrogen-bond acceptors (Lipinski definition) is 3. The third kappa shape index (κ3) is 5.00. The van der Waals surface area contributed by atoms with Gasteiger partial charge in [-0.25, -0.2) is 8.78 Å². The Labute approximate surface area is 150 Å². The average molecular weight is 368 g/mol. The number of carboxylic acid groups (broad SMARTS) is 1. The van der Waals surface area contributed by atoms with Gasteiger partial charge in [-0.3, -0.25) is 14.4 Å². The molecule has 0 radical (unpaired) electrons. The fourth-order valence-electron chi connectivity index (χ4n) is 2.97. The van der Waals surface area contributed by atoms with E-state index in [1.807, 2.05) is 0 Å². The summed E-state index contributed by atoms with van der Waals surface area (Å²) in [6.07, 6.45) is 1.12. The first-order valence-electron chi connectivity index (χ1n) is 8.47. The van der Waals surface area contributed by atoms with E-state index in [4.69, 9.17) is 5.11 Å². The van der Waals surface area contributed by atoms with E-state index in [1.54, 1.807) is 0 Å². The Morgan fingerprint density at radius 2 is 2.04 bits per heavy atom. The van der Waals surface area contributed by atoms with E-state index >= 15 is 0 Å². The number of halogens is 2. The third-order valence-electron chi connectivity index (χ3n) is 4.56. The molecule has 1 unspecified atom stereocenters. The summed E-state index contributed by atoms with van der Waals surface area (Å²) in [5.41, 5.74) is 0.110. The van der Waals surface area contributed by atoms with E-state index in [-0.39, 0.29) is 43.3 Å². The Hall–Kier alpha value is -2.51. The molecule has 8 heteroatoms. The van der Waals surface area contributed by atoms with Crippen LogP contribution in [0.4, 0.5) is 8.78 Å². The summed E-state index contributed by atoms with van der Waals surface area (Å²) >= 11 is 0. The van der Waals surface area contributed by atoms with Crippen molar-refractivity contribution in [2.24, 2.45) is 5.92 Å². The highest BCUT2D eigenvalue weighted by molar-refractivity contribution is 5.85. The molecule has 0 saturated carbocycles. The molecule has 0 aliphatic carbocycles. The van der Waals surface area contributed by atoms with E-state index < -0.39 is 23.5 Å². The van der Waals surface area contributed by atoms with E-state index in [2.05, 4.69) is 0 Å². The molecule has 2 rings (SSSR count). The highest BCUT2D eigenvalue weighted by Gasteiger charge is 2.28. The molecule has 1 aromatic carbocycles. The number of carbonyl (C=O) groups excluding carboxylic acids is 2. The van der Waals surface area contributed by atoms with Crippen molar-refractivity contribution < 1.29 is 28.3 Å². The molecular formula is C18H22F2N2O4. The number of hydrogen-bond donors (Lipinski definition) is 1. The van der Waals surface area contributed by atoms with Gasteiger partial charge in [-0.2, -0.15) is 0 Å². The Morgan fingerprint density at radius 3 is 2.73 bits per heavy atom. The minimum Gasteiger partial charge on any atom is -0.481 e. The fourth-order valence-corrected chi connectivity index (χ4v) is 2.97. The lowest BCUT2D eigenvalue weighted by molar-refractivity contribution is -0.147. The molecule has 0 aromatic heterocycles. The number of aliphatic carboxylic acids is 1. The molecule has 1 heterocycles. The van der Waals surface area contributed by atoms with Crippen LogP contribution in [0.15, 0.2) is 18.2 Å². The van der Waals surface area contributed by atoms with E-state index in [1.165, 1.54) is 29.0 Å². The predicted octanol–water partition coefficient (Wildman–Crippen LogP) is 1.68. The van der Waals surface area contributed by atoms with E-state index in [0.29, 0.717) is 19.4 Å². The zero-order valence-electron chi connectivity index (χ0n) is 14.6. The largest absolute Gasteiger partial charge is 0.481 e. The zero-order chi connectivity index (χ0) is 19.3. The molecule has 1 fully saturated rings. The van der Waals surface area contributed by atoms with Gasteiger partial charge in [0.25, 0.3) is 0 Å². The second-order valence-corrected chi connectivity index (χ2v) is 6.48. The monoisotopic (exact) mass is 368 g/mol. The van der Waals surface area contributed by atoms with Gasteiger partial charge in [0, 0.05) is 26.6 Å². The van der Waals surface area contributed by atoms with Crippen LogP contribution in [-0.4, -0.2) is 59.4 Å². The summed E-state index contributed by atoms with van der Waals surface area (Å²) in [6.45, 7) is 0.445. The van der Waals surface area contributed by atoms with Crippen molar-refractivity contribution in [1.82, 2.24) is 9.80 Å². The Kier molecular flexibility index (Phi) is 6.65. The highest BCUT2D eigenvalue weighted by Crippen LogP contribution is 2.17. The van der Waals surface area contributed by atoms with Gasteiger partial charge in [0.1, 0.15) is 0 Å². The van der Waals surface area contributed by atoms with Crippen LogP contribution in [-0.2, 0) is 20.8 Å². The molecule has 6 nitrogen and oxygen atoms in total. The van der Waals surface area contributed by atoms with Gasteiger partial charge < -0.3 is 14.9 Å². The molecule has 0 bridgehead atoms. The minimum atomic E-state index is -0.966. The normalized spacial score (nSPS) is 17.0. The van der Waals surface area contributed by atoms with Crippen molar-refractivity contribution in [3.63, 3.8) is 0 Å². The summed E-state index contributed by atoms with van der Waals surface area (Å²) in [4.78, 5) is 38.2. The van der Waals surface area contributed by atoms with Gasteiger partial charge in [0.2, 0.25) is 11.8 Å². The Morgan fingerprint density at radius 1 is 1.31 bits per heavy atom. The zero-order valence-corrected chi connectivity index (χ0v) is 14.6. The molecule has 1 aromatic rings. The lowest BCUT2D eigenvalue weighted by atomic mass is 9.98. The summed E-state index contributed by atoms with van der Waals surface area (Å²) in [6, 6.07) is 3.80. The quantitative estimate of drug-likeness (QED) is 0.829. The SMILES string of the molecule is CN(CC(=O)N1CCCC(C(=O)O)C1)C(=O)CCc1cccc(F)c1F. The van der Waals surface area contributed by atoms with Crippen molar-refractivity contribution in [3.8, 4) is 0 Å². The molecule has 1 saturated heterocycles. The van der Waals surface area contributed by atoms with Crippen LogP contribution in [0.25, 0.3) is 0 Å². The number of amides is 2. The average Bonchev–Trinajstić information content (AvgIpc) is 2.62. The number of carbonyl (C=O) groups is 3. The molecule has 0 spiro atoms. The number of piperidine rings is 1. The topological polar surface area (TPSA) is 77.9 Å². The van der Waals surface area contributed by atoms with Crippen LogP contribution < -0.4 is 0 Å². The van der Waals surface area contributed by atoms with Crippen molar-refractivity contribution in [3.05, 3.63) is 35.4 Å². The van der Waals surface area contributed by atoms with Crippen LogP contribution in [0, 0.1) is 17.6 Å². The van der Waals surface area contributed by atoms with Gasteiger partial charge in [-0.05, 0) is 30.9 Å². The third-order valence-corrected chi connectivity index (χ3v) is 4.56. The number of carboxylic acids is 1. The molecule has 1 aliphatic rings. The number of likely N-dealkylation sites (tertiary alicyclic amines) is 1. The second-order valence-electron chi connectivity index (χ2n) is 6.48. The smallest absolute Gasteiger partial charge is 0.308 e. The first-order chi connectivity index (χ1) is 12.3. The number of rotatable bonds is 6. The van der Waals surface area contributed by atoms with Crippen LogP contribution in [0.3, 0.4) is 0 Å². The van der Waals surface area contributed by atoms with E-state index in [0.717, 1.165) is 6.07 Å².